The van der Waals surface area contributed by atoms with E-state index in [2.05, 4.69) is 42.2 Å². The van der Waals surface area contributed by atoms with Gasteiger partial charge in [0, 0.05) is 0 Å². The fourth-order valence-electron chi connectivity index (χ4n) is 5.36. The number of ether oxygens (including phenoxy) is 2. The number of halogens is 2. The van der Waals surface area contributed by atoms with E-state index < -0.39 is 83.3 Å². The van der Waals surface area contributed by atoms with Crippen molar-refractivity contribution in [2.24, 2.45) is 0 Å². The predicted octanol–water partition coefficient (Wildman–Crippen LogP) is -0.861. The number of nitrogen functional groups attached to an aromatic ring is 2. The Labute approximate surface area is 255 Å². The molecular formula is C20H26F2N10O10P2S. The molecule has 0 saturated carbocycles. The summed E-state index contributed by atoms with van der Waals surface area (Å²) >= 11 is 4.07. The van der Waals surface area contributed by atoms with E-state index in [-0.39, 0.29) is 34.1 Å². The zero-order valence-electron chi connectivity index (χ0n) is 22.5. The first kappa shape index (κ1) is 30.8. The third-order valence-electron chi connectivity index (χ3n) is 7.37. The van der Waals surface area contributed by atoms with E-state index in [1.165, 1.54) is 10.9 Å². The first-order valence-corrected chi connectivity index (χ1v) is 17.9. The van der Waals surface area contributed by atoms with Crippen molar-refractivity contribution in [2.75, 3.05) is 24.7 Å². The molecule has 25 heteroatoms. The van der Waals surface area contributed by atoms with Crippen LogP contribution < -0.4 is 17.0 Å². The number of H-pyrrole nitrogens is 1. The molecule has 3 aliphatic heterocycles. The molecule has 3 fully saturated rings. The fraction of sp³-hybridized carbons (Fsp3) is 0.500. The van der Waals surface area contributed by atoms with Crippen LogP contribution in [-0.2, 0) is 27.6 Å². The van der Waals surface area contributed by atoms with E-state index in [1.807, 2.05) is 0 Å². The average molecular weight is 698 g/mol. The van der Waals surface area contributed by atoms with E-state index in [1.54, 1.807) is 0 Å². The molecule has 7 rings (SSSR count). The molecule has 20 nitrogen and oxygen atoms in total. The number of aromatic nitrogens is 8. The van der Waals surface area contributed by atoms with Gasteiger partial charge in [0.2, 0.25) is 0 Å². The first-order chi connectivity index (χ1) is 21.3. The number of nitrogens with zero attached hydrogens (tertiary/aromatic N) is 7. The molecule has 3 aliphatic rings. The number of hydrogen-bond donors (Lipinski definition) is 7. The van der Waals surface area contributed by atoms with Gasteiger partial charge in [-0.2, -0.15) is 0 Å². The first-order valence-electron chi connectivity index (χ1n) is 13.1. The van der Waals surface area contributed by atoms with Crippen molar-refractivity contribution in [1.29, 1.82) is 0 Å². The van der Waals surface area contributed by atoms with E-state index >= 15 is 8.78 Å². The van der Waals surface area contributed by atoms with E-state index in [0.717, 1.165) is 17.2 Å². The van der Waals surface area contributed by atoms with Crippen LogP contribution in [0.2, 0.25) is 0 Å². The van der Waals surface area contributed by atoms with Crippen LogP contribution in [-0.4, -0.2) is 104 Å². The van der Waals surface area contributed by atoms with Gasteiger partial charge < -0.3 is 0 Å². The zero-order chi connectivity index (χ0) is 31.8. The van der Waals surface area contributed by atoms with Crippen LogP contribution in [0.4, 0.5) is 20.5 Å². The van der Waals surface area contributed by atoms with Crippen LogP contribution in [0.15, 0.2) is 23.8 Å². The van der Waals surface area contributed by atoms with Crippen molar-refractivity contribution < 1.29 is 51.0 Å². The van der Waals surface area contributed by atoms with Gasteiger partial charge in [-0.3, -0.25) is 0 Å². The summed E-state index contributed by atoms with van der Waals surface area (Å²) in [5, 5.41) is 0. The molecule has 4 aromatic heterocycles. The summed E-state index contributed by atoms with van der Waals surface area (Å²) in [7, 11) is -9.86. The van der Waals surface area contributed by atoms with Gasteiger partial charge in [-0.1, -0.05) is 0 Å². The Morgan fingerprint density at radius 2 is 1.58 bits per heavy atom. The number of imidazole rings is 2. The number of alkyl halides is 2. The van der Waals surface area contributed by atoms with Crippen LogP contribution in [0.3, 0.4) is 0 Å². The van der Waals surface area contributed by atoms with Crippen LogP contribution in [0.1, 0.15) is 12.5 Å². The van der Waals surface area contributed by atoms with Gasteiger partial charge in [0.25, 0.3) is 0 Å². The molecule has 45 heavy (non-hydrogen) atoms. The van der Waals surface area contributed by atoms with Gasteiger partial charge in [0.1, 0.15) is 0 Å². The Balaban J connectivity index is 1.20. The minimum atomic E-state index is -5.27. The number of nitrogens with one attached hydrogen (secondary N) is 1. The van der Waals surface area contributed by atoms with Crippen molar-refractivity contribution in [1.82, 2.24) is 39.0 Å². The Morgan fingerprint density at radius 1 is 0.889 bits per heavy atom. The number of rotatable bonds is 2. The van der Waals surface area contributed by atoms with E-state index in [4.69, 9.17) is 39.0 Å². The molecule has 4 aromatic rings. The summed E-state index contributed by atoms with van der Waals surface area (Å²) in [5.74, 6) is -0.247. The molecule has 0 aliphatic carbocycles. The number of fused-ring (bicyclic) bond motifs is 5. The van der Waals surface area contributed by atoms with Crippen molar-refractivity contribution >= 4 is 61.7 Å². The van der Waals surface area contributed by atoms with E-state index in [9.17, 15) is 19.5 Å². The quantitative estimate of drug-likeness (QED) is 0.0991. The Bertz CT molecular complexity index is 1820. The maximum absolute atomic E-state index is 16.0. The standard InChI is InChI=1S/C20H26F2N10O10P2S/c21-8-6-1-38-44(36,45)42-12-7(40-18(9(12)22)31-4-27-10-14(23)25-3-26-15(10)31)2-37-43(34,35)41-13(8)19(39-6)32-5-28-11-16(32)29-20(24)30-17(11)33/h3-9,12-13,18-19,34-36,43-45H,1-2H2,(H2,23,25,26)(H3,24,29,30,33)/t6-,7-,8-,9+,12-,13-,18-,19-/m1/s1. The predicted molar refractivity (Wildman–Crippen MR) is 154 cm³/mol. The van der Waals surface area contributed by atoms with Crippen molar-refractivity contribution in [3.05, 3.63) is 29.3 Å². The van der Waals surface area contributed by atoms with Crippen LogP contribution in [0.25, 0.3) is 22.3 Å². The summed E-state index contributed by atoms with van der Waals surface area (Å²) in [5.41, 5.74) is 10.8. The van der Waals surface area contributed by atoms with Crippen LogP contribution in [0.5, 0.6) is 0 Å². The molecule has 0 unspecified atom stereocenters. The third kappa shape index (κ3) is 5.51. The molecule has 0 radical (unpaired) electrons. The number of anilines is 2. The maximum atomic E-state index is 16.0. The molecule has 8 N–H and O–H groups in total. The minimum absolute atomic E-state index is 0.0318. The van der Waals surface area contributed by atoms with Crippen molar-refractivity contribution in [2.45, 2.75) is 49.2 Å². The summed E-state index contributed by atoms with van der Waals surface area (Å²) < 4.78 is 67.3. The third-order valence-corrected chi connectivity index (χ3v) is 10.3. The fourth-order valence-corrected chi connectivity index (χ4v) is 8.09. The summed E-state index contributed by atoms with van der Waals surface area (Å²) in [4.78, 5) is 67.0. The van der Waals surface area contributed by atoms with Crippen LogP contribution in [0, 0.1) is 0 Å². The van der Waals surface area contributed by atoms with Crippen LogP contribution >= 0.6 is 27.6 Å². The van der Waals surface area contributed by atoms with Crippen molar-refractivity contribution in [3.63, 3.8) is 0 Å². The molecule has 3 saturated heterocycles. The summed E-state index contributed by atoms with van der Waals surface area (Å²) in [6.07, 6.45) is -10.1. The van der Waals surface area contributed by atoms with Gasteiger partial charge in [-0.25, -0.2) is 0 Å². The molecule has 7 heterocycles. The van der Waals surface area contributed by atoms with Gasteiger partial charge in [0.05, 0.1) is 0 Å². The number of aromatic amines is 1. The van der Waals surface area contributed by atoms with Crippen molar-refractivity contribution in [3.8, 4) is 0 Å². The molecular weight excluding hydrogens is 672 g/mol. The molecule has 246 valence electrons. The summed E-state index contributed by atoms with van der Waals surface area (Å²) in [6, 6.07) is 0. The SMILES string of the molecule is Nc1nc2c(ncn2[C@@H]2O[C@@H]3CO[PH](O)(S)O[C@H]4[C@H](F)[C@H](n5cnc6c(N)ncnc65)O[C@@H]4CO[PH](O)(O)O[C@@H]2[C@@H]3F)c(=O)[nH]1. The molecule has 0 spiro atoms. The topological polar surface area (TPSA) is 275 Å². The number of thiol groups is 1. The second-order valence-electron chi connectivity index (χ2n) is 10.3. The van der Waals surface area contributed by atoms with Gasteiger partial charge in [0.15, 0.2) is 0 Å². The number of nitrogens with two attached hydrogens (primary N) is 2. The second-order valence-corrected chi connectivity index (χ2v) is 15.2. The zero-order valence-corrected chi connectivity index (χ0v) is 25.3. The van der Waals surface area contributed by atoms with Gasteiger partial charge in [-0.05, 0) is 0 Å². The Hall–Kier alpha value is -2.79. The Morgan fingerprint density at radius 3 is 2.36 bits per heavy atom. The molecule has 8 atom stereocenters. The second kappa shape index (κ2) is 11.2. The number of hydrogen-bond acceptors (Lipinski definition) is 18. The van der Waals surface area contributed by atoms with E-state index in [0.29, 0.717) is 0 Å². The van der Waals surface area contributed by atoms with Gasteiger partial charge in [-0.15, -0.1) is 0 Å². The summed E-state index contributed by atoms with van der Waals surface area (Å²) in [6.45, 7) is -1.48. The average Bonchev–Trinajstić information content (AvgIpc) is 3.72. The van der Waals surface area contributed by atoms with Gasteiger partial charge >= 0.3 is 255 Å². The Kier molecular flexibility index (Phi) is 7.66. The molecule has 0 amide bonds. The molecule has 2 bridgehead atoms. The molecule has 0 aromatic carbocycles. The monoisotopic (exact) mass is 698 g/mol. The normalized spacial score (nSPS) is 34.9.